The van der Waals surface area contributed by atoms with Crippen LogP contribution in [0.4, 0.5) is 0 Å². The van der Waals surface area contributed by atoms with Crippen LogP contribution >= 0.6 is 0 Å². The first-order valence-corrected chi connectivity index (χ1v) is 9.72. The predicted molar refractivity (Wildman–Crippen MR) is 104 cm³/mol. The quantitative estimate of drug-likeness (QED) is 0.785. The van der Waals surface area contributed by atoms with Gasteiger partial charge >= 0.3 is 0 Å². The molecule has 0 radical (unpaired) electrons. The Hall–Kier alpha value is -2.74. The Balaban J connectivity index is 1.48. The van der Waals surface area contributed by atoms with Crippen LogP contribution in [0.25, 0.3) is 5.69 Å². The summed E-state index contributed by atoms with van der Waals surface area (Å²) in [5.41, 5.74) is 1.24. The van der Waals surface area contributed by atoms with Gasteiger partial charge in [-0.1, -0.05) is 23.4 Å². The van der Waals surface area contributed by atoms with Gasteiger partial charge in [0.15, 0.2) is 5.69 Å². The summed E-state index contributed by atoms with van der Waals surface area (Å²) in [6.07, 6.45) is 3.76. The molecule has 3 fully saturated rings. The van der Waals surface area contributed by atoms with Crippen LogP contribution in [0, 0.1) is 5.92 Å². The Morgan fingerprint density at radius 3 is 2.64 bits per heavy atom. The smallest absolute Gasteiger partial charge is 0.276 e. The molecule has 5 rings (SSSR count). The zero-order valence-corrected chi connectivity index (χ0v) is 16.4. The average Bonchev–Trinajstić information content (AvgIpc) is 3.03. The number of benzene rings is 1. The van der Waals surface area contributed by atoms with Gasteiger partial charge in [0.25, 0.3) is 5.91 Å². The van der Waals surface area contributed by atoms with E-state index in [2.05, 4.69) is 15.2 Å². The molecule has 148 valence electrons. The summed E-state index contributed by atoms with van der Waals surface area (Å²) >= 11 is 0. The maximum atomic E-state index is 13.1. The van der Waals surface area contributed by atoms with E-state index in [4.69, 9.17) is 0 Å². The van der Waals surface area contributed by atoms with E-state index in [9.17, 15) is 9.59 Å². The summed E-state index contributed by atoms with van der Waals surface area (Å²) in [5.74, 6) is 0.421. The van der Waals surface area contributed by atoms with Crippen molar-refractivity contribution in [3.8, 4) is 5.69 Å². The molecule has 1 aromatic heterocycles. The molecule has 2 amide bonds. The molecule has 0 saturated carbocycles. The standard InChI is InChI=1S/C20H26N6O2/c1-23(2)19(27)14-24-10-15-8-9-17(12-24)25(11-15)20(28)18-13-26(22-21-18)16-6-4-3-5-7-16/h3-7,13,15,17H,8-12,14H2,1-2H3/t15-,17+/m0/s1. The largest absolute Gasteiger partial charge is 0.348 e. The highest BCUT2D eigenvalue weighted by atomic mass is 16.2. The van der Waals surface area contributed by atoms with Gasteiger partial charge in [-0.05, 0) is 30.9 Å². The zero-order chi connectivity index (χ0) is 19.7. The molecule has 2 atom stereocenters. The van der Waals surface area contributed by atoms with Gasteiger partial charge in [-0.3, -0.25) is 14.5 Å². The Morgan fingerprint density at radius 1 is 1.11 bits per heavy atom. The number of carbonyl (C=O) groups is 2. The molecule has 3 saturated heterocycles. The van der Waals surface area contributed by atoms with Crippen LogP contribution in [0.2, 0.25) is 0 Å². The van der Waals surface area contributed by atoms with Crippen molar-refractivity contribution >= 4 is 11.8 Å². The third-order valence-electron chi connectivity index (χ3n) is 5.64. The molecular formula is C20H26N6O2. The summed E-state index contributed by atoms with van der Waals surface area (Å²) in [4.78, 5) is 31.0. The fraction of sp³-hybridized carbons (Fsp3) is 0.500. The Bertz CT molecular complexity index is 849. The van der Waals surface area contributed by atoms with Gasteiger partial charge in [0.2, 0.25) is 5.91 Å². The molecule has 2 bridgehead atoms. The molecule has 4 heterocycles. The first-order valence-electron chi connectivity index (χ1n) is 9.72. The highest BCUT2D eigenvalue weighted by Crippen LogP contribution is 2.29. The van der Waals surface area contributed by atoms with Gasteiger partial charge in [-0.15, -0.1) is 5.10 Å². The number of nitrogens with zero attached hydrogens (tertiary/aromatic N) is 6. The number of likely N-dealkylation sites (N-methyl/N-ethyl adjacent to an activating group) is 1. The normalized spacial score (nSPS) is 22.1. The lowest BCUT2D eigenvalue weighted by molar-refractivity contribution is -0.129. The van der Waals surface area contributed by atoms with E-state index < -0.39 is 0 Å². The van der Waals surface area contributed by atoms with Gasteiger partial charge < -0.3 is 9.80 Å². The van der Waals surface area contributed by atoms with E-state index in [-0.39, 0.29) is 17.9 Å². The number of hydrogen-bond donors (Lipinski definition) is 0. The molecule has 28 heavy (non-hydrogen) atoms. The minimum atomic E-state index is -0.0716. The van der Waals surface area contributed by atoms with Gasteiger partial charge in [0.05, 0.1) is 18.4 Å². The molecule has 8 nitrogen and oxygen atoms in total. The van der Waals surface area contributed by atoms with Crippen molar-refractivity contribution in [2.24, 2.45) is 5.92 Å². The number of aromatic nitrogens is 3. The van der Waals surface area contributed by atoms with E-state index in [1.165, 1.54) is 0 Å². The van der Waals surface area contributed by atoms with Crippen molar-refractivity contribution in [2.45, 2.75) is 18.9 Å². The first-order chi connectivity index (χ1) is 13.5. The maximum absolute atomic E-state index is 13.1. The molecule has 0 aliphatic carbocycles. The van der Waals surface area contributed by atoms with Gasteiger partial charge in [-0.2, -0.15) is 0 Å². The van der Waals surface area contributed by atoms with Crippen LogP contribution in [0.15, 0.2) is 36.5 Å². The van der Waals surface area contributed by atoms with E-state index in [1.54, 1.807) is 29.9 Å². The number of hydrogen-bond acceptors (Lipinski definition) is 5. The molecular weight excluding hydrogens is 356 g/mol. The van der Waals surface area contributed by atoms with Crippen LogP contribution in [-0.4, -0.2) is 87.8 Å². The lowest BCUT2D eigenvalue weighted by Gasteiger charge is -2.35. The van der Waals surface area contributed by atoms with Gasteiger partial charge in [0, 0.05) is 39.8 Å². The van der Waals surface area contributed by atoms with Crippen molar-refractivity contribution in [3.63, 3.8) is 0 Å². The summed E-state index contributed by atoms with van der Waals surface area (Å²) in [7, 11) is 3.56. The zero-order valence-electron chi connectivity index (χ0n) is 16.4. The fourth-order valence-corrected chi connectivity index (χ4v) is 4.11. The lowest BCUT2D eigenvalue weighted by Crippen LogP contribution is -2.48. The number of para-hydroxylation sites is 1. The number of rotatable bonds is 4. The van der Waals surface area contributed by atoms with Crippen LogP contribution in [-0.2, 0) is 4.79 Å². The number of amides is 2. The molecule has 3 aliphatic rings. The molecule has 0 unspecified atom stereocenters. The van der Waals surface area contributed by atoms with Crippen molar-refractivity contribution in [2.75, 3.05) is 40.3 Å². The third-order valence-corrected chi connectivity index (χ3v) is 5.64. The van der Waals surface area contributed by atoms with E-state index >= 15 is 0 Å². The minimum absolute atomic E-state index is 0.0716. The third kappa shape index (κ3) is 3.77. The molecule has 3 aliphatic heterocycles. The fourth-order valence-electron chi connectivity index (χ4n) is 4.11. The van der Waals surface area contributed by atoms with Crippen molar-refractivity contribution < 1.29 is 9.59 Å². The van der Waals surface area contributed by atoms with Crippen molar-refractivity contribution in [1.29, 1.82) is 0 Å². The number of carbonyl (C=O) groups excluding carboxylic acids is 2. The lowest BCUT2D eigenvalue weighted by atomic mass is 9.95. The van der Waals surface area contributed by atoms with Gasteiger partial charge in [-0.25, -0.2) is 4.68 Å². The monoisotopic (exact) mass is 382 g/mol. The molecule has 0 N–H and O–H groups in total. The molecule has 0 spiro atoms. The highest BCUT2D eigenvalue weighted by molar-refractivity contribution is 5.92. The van der Waals surface area contributed by atoms with E-state index in [0.717, 1.165) is 31.6 Å². The predicted octanol–water partition coefficient (Wildman–Crippen LogP) is 0.892. The van der Waals surface area contributed by atoms with Crippen molar-refractivity contribution in [3.05, 3.63) is 42.2 Å². The second kappa shape index (κ2) is 7.71. The maximum Gasteiger partial charge on any atom is 0.276 e. The summed E-state index contributed by atoms with van der Waals surface area (Å²) in [5, 5.41) is 8.24. The van der Waals surface area contributed by atoms with Crippen LogP contribution < -0.4 is 0 Å². The molecule has 8 heteroatoms. The second-order valence-corrected chi connectivity index (χ2v) is 7.92. The summed E-state index contributed by atoms with van der Waals surface area (Å²) in [6.45, 7) is 2.71. The number of fused-ring (bicyclic) bond motifs is 4. The van der Waals surface area contributed by atoms with Crippen LogP contribution in [0.5, 0.6) is 0 Å². The van der Waals surface area contributed by atoms with Gasteiger partial charge in [0.1, 0.15) is 0 Å². The minimum Gasteiger partial charge on any atom is -0.348 e. The number of piperidine rings is 1. The SMILES string of the molecule is CN(C)C(=O)CN1C[C@@H]2CC[C@H](C1)N(C(=O)c1cn(-c3ccccc3)nn1)C2. The van der Waals surface area contributed by atoms with Crippen molar-refractivity contribution in [1.82, 2.24) is 29.7 Å². The molecule has 1 aromatic carbocycles. The molecule has 2 aromatic rings. The summed E-state index contributed by atoms with van der Waals surface area (Å²) in [6, 6.07) is 9.76. The Morgan fingerprint density at radius 2 is 1.89 bits per heavy atom. The summed E-state index contributed by atoms with van der Waals surface area (Å²) < 4.78 is 1.63. The second-order valence-electron chi connectivity index (χ2n) is 7.92. The topological polar surface area (TPSA) is 74.6 Å². The van der Waals surface area contributed by atoms with E-state index in [1.807, 2.05) is 35.2 Å². The van der Waals surface area contributed by atoms with E-state index in [0.29, 0.717) is 24.7 Å². The van der Waals surface area contributed by atoms with Crippen LogP contribution in [0.3, 0.4) is 0 Å². The average molecular weight is 382 g/mol. The Kier molecular flexibility index (Phi) is 5.13. The van der Waals surface area contributed by atoms with Crippen LogP contribution in [0.1, 0.15) is 23.3 Å². The first kappa shape index (κ1) is 18.6. The Labute approximate surface area is 164 Å². The highest BCUT2D eigenvalue weighted by Gasteiger charge is 2.38.